The van der Waals surface area contributed by atoms with Crippen LogP contribution in [0.2, 0.25) is 0 Å². The standard InChI is InChI=1S/C24H20FN3O2/c1-14-9-10-21(25)20-13-22(28-23(14)20)24(30)27-19-8-4-6-17(12-19)16-5-3-7-18(11-16)26-15(2)29/h3-13,28H,1-2H3,(H,26,29)(H,27,30). The van der Waals surface area contributed by atoms with Gasteiger partial charge in [-0.3, -0.25) is 9.59 Å². The molecule has 1 aromatic heterocycles. The third-order valence-electron chi connectivity index (χ3n) is 4.83. The Morgan fingerprint density at radius 2 is 1.50 bits per heavy atom. The van der Waals surface area contributed by atoms with Crippen LogP contribution in [0.5, 0.6) is 0 Å². The SMILES string of the molecule is CC(=O)Nc1cccc(-c2cccc(NC(=O)c3cc4c(F)ccc(C)c4[nH]3)c2)c1. The minimum Gasteiger partial charge on any atom is -0.350 e. The molecule has 1 heterocycles. The molecule has 5 nitrogen and oxygen atoms in total. The van der Waals surface area contributed by atoms with E-state index in [9.17, 15) is 14.0 Å². The lowest BCUT2D eigenvalue weighted by Crippen LogP contribution is -2.12. The first-order valence-corrected chi connectivity index (χ1v) is 9.48. The van der Waals surface area contributed by atoms with Crippen molar-refractivity contribution in [2.24, 2.45) is 0 Å². The molecule has 0 spiro atoms. The molecule has 0 saturated heterocycles. The van der Waals surface area contributed by atoms with Crippen LogP contribution in [0.4, 0.5) is 15.8 Å². The van der Waals surface area contributed by atoms with E-state index >= 15 is 0 Å². The molecule has 0 unspecified atom stereocenters. The van der Waals surface area contributed by atoms with E-state index in [1.54, 1.807) is 12.1 Å². The molecule has 0 radical (unpaired) electrons. The Balaban J connectivity index is 1.59. The Labute approximate surface area is 172 Å². The van der Waals surface area contributed by atoms with Crippen molar-refractivity contribution < 1.29 is 14.0 Å². The lowest BCUT2D eigenvalue weighted by Gasteiger charge is -2.09. The van der Waals surface area contributed by atoms with Crippen LogP contribution in [0.3, 0.4) is 0 Å². The van der Waals surface area contributed by atoms with Crippen molar-refractivity contribution in [2.75, 3.05) is 10.6 Å². The van der Waals surface area contributed by atoms with Crippen molar-refractivity contribution in [1.82, 2.24) is 4.98 Å². The highest BCUT2D eigenvalue weighted by Gasteiger charge is 2.14. The van der Waals surface area contributed by atoms with Crippen LogP contribution >= 0.6 is 0 Å². The number of amides is 2. The number of rotatable bonds is 4. The molecule has 4 rings (SSSR count). The highest BCUT2D eigenvalue weighted by atomic mass is 19.1. The van der Waals surface area contributed by atoms with Crippen molar-refractivity contribution in [3.63, 3.8) is 0 Å². The van der Waals surface area contributed by atoms with E-state index in [1.165, 1.54) is 19.1 Å². The van der Waals surface area contributed by atoms with E-state index in [-0.39, 0.29) is 23.3 Å². The zero-order valence-electron chi connectivity index (χ0n) is 16.5. The van der Waals surface area contributed by atoms with Gasteiger partial charge in [0, 0.05) is 23.7 Å². The highest BCUT2D eigenvalue weighted by Crippen LogP contribution is 2.26. The molecule has 2 amide bonds. The number of aromatic amines is 1. The first-order chi connectivity index (χ1) is 14.4. The number of nitrogens with one attached hydrogen (secondary N) is 3. The summed E-state index contributed by atoms with van der Waals surface area (Å²) >= 11 is 0. The Morgan fingerprint density at radius 3 is 2.10 bits per heavy atom. The van der Waals surface area contributed by atoms with Crippen LogP contribution in [0, 0.1) is 12.7 Å². The number of hydrogen-bond acceptors (Lipinski definition) is 2. The van der Waals surface area contributed by atoms with Crippen molar-refractivity contribution in [3.8, 4) is 11.1 Å². The summed E-state index contributed by atoms with van der Waals surface area (Å²) in [5, 5.41) is 6.01. The van der Waals surface area contributed by atoms with Gasteiger partial charge in [0.1, 0.15) is 11.5 Å². The van der Waals surface area contributed by atoms with Crippen LogP contribution in [-0.4, -0.2) is 16.8 Å². The van der Waals surface area contributed by atoms with E-state index in [1.807, 2.05) is 49.4 Å². The number of benzene rings is 3. The Morgan fingerprint density at radius 1 is 0.867 bits per heavy atom. The summed E-state index contributed by atoms with van der Waals surface area (Å²) in [7, 11) is 0. The number of hydrogen-bond donors (Lipinski definition) is 3. The quantitative estimate of drug-likeness (QED) is 0.423. The van der Waals surface area contributed by atoms with E-state index < -0.39 is 0 Å². The van der Waals surface area contributed by atoms with Gasteiger partial charge in [-0.05, 0) is 60.0 Å². The molecule has 3 aromatic carbocycles. The van der Waals surface area contributed by atoms with Gasteiger partial charge in [0.05, 0.1) is 5.52 Å². The normalized spacial score (nSPS) is 10.8. The molecule has 0 aliphatic rings. The summed E-state index contributed by atoms with van der Waals surface area (Å²) in [6, 6.07) is 19.4. The topological polar surface area (TPSA) is 74.0 Å². The maximum absolute atomic E-state index is 14.0. The molecule has 150 valence electrons. The second kappa shape index (κ2) is 7.83. The summed E-state index contributed by atoms with van der Waals surface area (Å²) in [6.07, 6.45) is 0. The molecule has 0 saturated carbocycles. The van der Waals surface area contributed by atoms with E-state index in [2.05, 4.69) is 15.6 Å². The van der Waals surface area contributed by atoms with Gasteiger partial charge < -0.3 is 15.6 Å². The van der Waals surface area contributed by atoms with Gasteiger partial charge in [-0.2, -0.15) is 0 Å². The van der Waals surface area contributed by atoms with Crippen LogP contribution < -0.4 is 10.6 Å². The molecule has 0 aliphatic carbocycles. The van der Waals surface area contributed by atoms with Crippen LogP contribution in [0.1, 0.15) is 23.0 Å². The van der Waals surface area contributed by atoms with Crippen LogP contribution in [0.15, 0.2) is 66.7 Å². The number of carbonyl (C=O) groups excluding carboxylic acids is 2. The zero-order valence-corrected chi connectivity index (χ0v) is 16.5. The van der Waals surface area contributed by atoms with Gasteiger partial charge in [-0.15, -0.1) is 0 Å². The third-order valence-corrected chi connectivity index (χ3v) is 4.83. The van der Waals surface area contributed by atoms with Crippen molar-refractivity contribution in [3.05, 3.63) is 83.8 Å². The molecule has 30 heavy (non-hydrogen) atoms. The predicted molar refractivity (Wildman–Crippen MR) is 117 cm³/mol. The average molecular weight is 401 g/mol. The summed E-state index contributed by atoms with van der Waals surface area (Å²) in [6.45, 7) is 3.32. The molecule has 0 aliphatic heterocycles. The number of carbonyl (C=O) groups is 2. The number of anilines is 2. The second-order valence-corrected chi connectivity index (χ2v) is 7.13. The molecule has 0 fully saturated rings. The van der Waals surface area contributed by atoms with Gasteiger partial charge in [0.25, 0.3) is 5.91 Å². The summed E-state index contributed by atoms with van der Waals surface area (Å²) in [5.74, 6) is -0.862. The van der Waals surface area contributed by atoms with Gasteiger partial charge in [-0.25, -0.2) is 4.39 Å². The molecular weight excluding hydrogens is 381 g/mol. The van der Waals surface area contributed by atoms with E-state index in [0.29, 0.717) is 22.3 Å². The van der Waals surface area contributed by atoms with Crippen LogP contribution in [0.25, 0.3) is 22.0 Å². The Bertz CT molecular complexity index is 1240. The van der Waals surface area contributed by atoms with Crippen molar-refractivity contribution in [1.29, 1.82) is 0 Å². The van der Waals surface area contributed by atoms with Gasteiger partial charge >= 0.3 is 0 Å². The van der Waals surface area contributed by atoms with Gasteiger partial charge in [0.15, 0.2) is 0 Å². The van der Waals surface area contributed by atoms with Gasteiger partial charge in [0.2, 0.25) is 5.91 Å². The van der Waals surface area contributed by atoms with E-state index in [0.717, 1.165) is 16.7 Å². The maximum atomic E-state index is 14.0. The fraction of sp³-hybridized carbons (Fsp3) is 0.0833. The van der Waals surface area contributed by atoms with Crippen LogP contribution in [-0.2, 0) is 4.79 Å². The molecule has 4 aromatic rings. The number of aryl methyl sites for hydroxylation is 1. The molecule has 3 N–H and O–H groups in total. The average Bonchev–Trinajstić information content (AvgIpc) is 3.18. The lowest BCUT2D eigenvalue weighted by atomic mass is 10.0. The smallest absolute Gasteiger partial charge is 0.272 e. The highest BCUT2D eigenvalue weighted by molar-refractivity contribution is 6.06. The molecular formula is C24H20FN3O2. The number of halogens is 1. The summed E-state index contributed by atoms with van der Waals surface area (Å²) in [5.41, 5.74) is 4.87. The second-order valence-electron chi connectivity index (χ2n) is 7.13. The molecule has 0 bridgehead atoms. The van der Waals surface area contributed by atoms with Crippen molar-refractivity contribution >= 4 is 34.1 Å². The Hall–Kier alpha value is -3.93. The summed E-state index contributed by atoms with van der Waals surface area (Å²) < 4.78 is 14.0. The monoisotopic (exact) mass is 401 g/mol. The van der Waals surface area contributed by atoms with Gasteiger partial charge in [-0.1, -0.05) is 30.3 Å². The fourth-order valence-corrected chi connectivity index (χ4v) is 3.40. The number of fused-ring (bicyclic) bond motifs is 1. The first kappa shape index (κ1) is 19.4. The van der Waals surface area contributed by atoms with E-state index in [4.69, 9.17) is 0 Å². The minimum atomic E-state index is -0.369. The first-order valence-electron chi connectivity index (χ1n) is 9.48. The molecule has 6 heteroatoms. The fourth-order valence-electron chi connectivity index (χ4n) is 3.40. The maximum Gasteiger partial charge on any atom is 0.272 e. The zero-order chi connectivity index (χ0) is 21.3. The predicted octanol–water partition coefficient (Wildman–Crippen LogP) is 5.49. The minimum absolute atomic E-state index is 0.141. The largest absolute Gasteiger partial charge is 0.350 e. The number of aromatic nitrogens is 1. The molecule has 0 atom stereocenters. The van der Waals surface area contributed by atoms with Crippen molar-refractivity contribution in [2.45, 2.75) is 13.8 Å². The third kappa shape index (κ3) is 3.93. The number of H-pyrrole nitrogens is 1. The Kier molecular flexibility index (Phi) is 5.06. The lowest BCUT2D eigenvalue weighted by molar-refractivity contribution is -0.114. The summed E-state index contributed by atoms with van der Waals surface area (Å²) in [4.78, 5) is 27.0.